The molecule has 1 aliphatic carbocycles. The molecule has 9 nitrogen and oxygen atoms in total. The summed E-state index contributed by atoms with van der Waals surface area (Å²) < 4.78 is 52.9. The zero-order valence-electron chi connectivity index (χ0n) is 33.5. The van der Waals surface area contributed by atoms with Crippen LogP contribution in [0.3, 0.4) is 0 Å². The first kappa shape index (κ1) is 42.4. The number of carbonyl (C=O) groups is 1. The molecule has 1 atom stereocenters. The predicted molar refractivity (Wildman–Crippen MR) is 230 cm³/mol. The summed E-state index contributed by atoms with van der Waals surface area (Å²) in [6, 6.07) is 19.6. The quantitative estimate of drug-likeness (QED) is 0.152. The average Bonchev–Trinajstić information content (AvgIpc) is 3.17. The number of hydrogen-bond acceptors (Lipinski definition) is 9. The maximum Gasteiger partial charge on any atom is 0.185 e. The molecule has 304 valence electrons. The van der Waals surface area contributed by atoms with Gasteiger partial charge in [0.15, 0.2) is 25.5 Å². The van der Waals surface area contributed by atoms with Gasteiger partial charge in [0.2, 0.25) is 0 Å². The fourth-order valence-corrected chi connectivity index (χ4v) is 10.8. The Morgan fingerprint density at radius 1 is 0.857 bits per heavy atom. The summed E-state index contributed by atoms with van der Waals surface area (Å²) in [6.07, 6.45) is 9.72. The van der Waals surface area contributed by atoms with Crippen LogP contribution in [0.15, 0.2) is 82.1 Å². The molecule has 0 aromatic heterocycles. The zero-order valence-corrected chi connectivity index (χ0v) is 35.9. The Bertz CT molecular complexity index is 2090. The number of allylic oxidation sites excluding steroid dienone is 1. The van der Waals surface area contributed by atoms with Crippen molar-refractivity contribution >= 4 is 54.0 Å². The van der Waals surface area contributed by atoms with E-state index < -0.39 is 31.2 Å². The Hall–Kier alpha value is -3.22. The summed E-state index contributed by atoms with van der Waals surface area (Å²) in [5, 5.41) is 4.13. The van der Waals surface area contributed by atoms with Crippen molar-refractivity contribution in [2.24, 2.45) is 5.41 Å². The Kier molecular flexibility index (Phi) is 13.7. The molecule has 0 amide bonds. The van der Waals surface area contributed by atoms with E-state index in [9.17, 15) is 21.6 Å². The van der Waals surface area contributed by atoms with E-state index in [1.165, 1.54) is 60.6 Å². The lowest BCUT2D eigenvalue weighted by atomic mass is 9.73. The number of anilines is 2. The molecule has 0 unspecified atom stereocenters. The third-order valence-corrected chi connectivity index (χ3v) is 14.8. The number of carbonyl (C=O) groups excluding carboxylic acids is 1. The maximum absolute atomic E-state index is 13.5. The van der Waals surface area contributed by atoms with E-state index in [0.29, 0.717) is 11.3 Å². The van der Waals surface area contributed by atoms with Crippen molar-refractivity contribution in [2.75, 3.05) is 74.6 Å². The van der Waals surface area contributed by atoms with Crippen LogP contribution in [0, 0.1) is 5.41 Å². The molecule has 0 saturated carbocycles. The van der Waals surface area contributed by atoms with Gasteiger partial charge in [-0.15, -0.1) is 0 Å². The Labute approximate surface area is 340 Å². The van der Waals surface area contributed by atoms with E-state index >= 15 is 0 Å². The minimum absolute atomic E-state index is 0.0362. The van der Waals surface area contributed by atoms with Crippen molar-refractivity contribution in [3.05, 3.63) is 88.5 Å². The molecule has 3 aliphatic rings. The summed E-state index contributed by atoms with van der Waals surface area (Å²) in [7, 11) is -7.89. The van der Waals surface area contributed by atoms with Gasteiger partial charge in [0.25, 0.3) is 0 Å². The van der Waals surface area contributed by atoms with Gasteiger partial charge >= 0.3 is 0 Å². The number of likely N-dealkylation sites (tertiary alicyclic amines) is 1. The summed E-state index contributed by atoms with van der Waals surface area (Å²) in [5.74, 6) is -1.28. The van der Waals surface area contributed by atoms with Crippen molar-refractivity contribution < 1.29 is 21.6 Å². The minimum Gasteiger partial charge on any atom is -0.381 e. The Morgan fingerprint density at radius 2 is 1.54 bits per heavy atom. The first-order valence-electron chi connectivity index (χ1n) is 20.2. The van der Waals surface area contributed by atoms with Crippen molar-refractivity contribution in [3.8, 4) is 0 Å². The number of benzene rings is 3. The van der Waals surface area contributed by atoms with Crippen LogP contribution < -0.4 is 10.2 Å². The number of piperidine rings is 1. The van der Waals surface area contributed by atoms with Gasteiger partial charge in [0.05, 0.1) is 15.5 Å². The van der Waals surface area contributed by atoms with Gasteiger partial charge in [-0.05, 0) is 129 Å². The molecular formula is C44H59ClN4O5S2. The smallest absolute Gasteiger partial charge is 0.185 e. The zero-order chi connectivity index (χ0) is 40.1. The number of ketones is 1. The third kappa shape index (κ3) is 11.0. The Balaban J connectivity index is 1.06. The molecule has 3 aromatic carbocycles. The largest absolute Gasteiger partial charge is 0.381 e. The molecule has 1 N–H and O–H groups in total. The predicted octanol–water partition coefficient (Wildman–Crippen LogP) is 8.25. The second kappa shape index (κ2) is 18.1. The van der Waals surface area contributed by atoms with E-state index in [2.05, 4.69) is 52.9 Å². The van der Waals surface area contributed by atoms with Crippen LogP contribution in [0.5, 0.6) is 0 Å². The highest BCUT2D eigenvalue weighted by Gasteiger charge is 2.30. The van der Waals surface area contributed by atoms with Crippen LogP contribution >= 0.6 is 11.6 Å². The van der Waals surface area contributed by atoms with Gasteiger partial charge in [0.1, 0.15) is 5.75 Å². The molecule has 0 bridgehead atoms. The number of halogens is 1. The molecule has 3 aromatic rings. The van der Waals surface area contributed by atoms with Gasteiger partial charge in [-0.2, -0.15) is 0 Å². The van der Waals surface area contributed by atoms with Crippen molar-refractivity contribution in [3.63, 3.8) is 0 Å². The summed E-state index contributed by atoms with van der Waals surface area (Å²) in [5.41, 5.74) is 6.19. The van der Waals surface area contributed by atoms with Crippen LogP contribution in [-0.2, 0) is 19.7 Å². The summed E-state index contributed by atoms with van der Waals surface area (Å²) >= 11 is 6.19. The molecule has 6 rings (SSSR count). The number of hydrogen-bond donors (Lipinski definition) is 1. The lowest BCUT2D eigenvalue weighted by molar-refractivity contribution is 0.102. The maximum atomic E-state index is 13.5. The SMILES string of the molecule is CC[C@@H](CCN1CCCCC1)Nc1ccc(S(=O)(=O)CC(=O)c2ccc(N3CCN(CC4=C(c5ccc(Cl)cc5)CCC(C)(C)C4)CC3)cc2)cc1S(C)(=O)=O. The number of piperazine rings is 1. The molecule has 12 heteroatoms. The van der Waals surface area contributed by atoms with Crippen molar-refractivity contribution in [2.45, 2.75) is 88.0 Å². The molecule has 2 aliphatic heterocycles. The molecule has 2 saturated heterocycles. The van der Waals surface area contributed by atoms with Gasteiger partial charge in [-0.1, -0.05) is 56.5 Å². The molecule has 2 heterocycles. The molecular weight excluding hydrogens is 764 g/mol. The lowest BCUT2D eigenvalue weighted by Crippen LogP contribution is -2.47. The van der Waals surface area contributed by atoms with E-state index in [-0.39, 0.29) is 21.2 Å². The summed E-state index contributed by atoms with van der Waals surface area (Å²) in [4.78, 5) is 20.4. The second-order valence-electron chi connectivity index (χ2n) is 16.8. The normalized spacial score (nSPS) is 19.2. The third-order valence-electron chi connectivity index (χ3n) is 11.8. The number of Topliss-reactive ketones (excluding diaryl/α,β-unsaturated/α-hetero) is 1. The van der Waals surface area contributed by atoms with E-state index in [0.717, 1.165) is 95.0 Å². The van der Waals surface area contributed by atoms with Crippen molar-refractivity contribution in [1.82, 2.24) is 9.80 Å². The highest BCUT2D eigenvalue weighted by Crippen LogP contribution is 2.43. The molecule has 0 spiro atoms. The van der Waals surface area contributed by atoms with Crippen LogP contribution in [-0.4, -0.2) is 103 Å². The van der Waals surface area contributed by atoms with Crippen LogP contribution in [0.4, 0.5) is 11.4 Å². The fraction of sp³-hybridized carbons (Fsp3) is 0.523. The molecule has 0 radical (unpaired) electrons. The standard InChI is InChI=1S/C44H59ClN4O5S2/c1-5-37(20-24-47-22-7-6-8-23-47)46-41-18-17-39(29-43(41)55(4,51)52)56(53,54)32-42(50)34-11-15-38(16-12-34)49-27-25-48(26-28-49)31-35-30-44(2,3)21-19-40(35)33-9-13-36(45)14-10-33/h9-18,29,37,46H,5-8,19-28,30-32H2,1-4H3/t37-/m0/s1. The minimum atomic E-state index is -4.12. The molecule has 2 fully saturated rings. The van der Waals surface area contributed by atoms with Gasteiger partial charge in [-0.3, -0.25) is 9.69 Å². The lowest BCUT2D eigenvalue weighted by Gasteiger charge is -2.39. The summed E-state index contributed by atoms with van der Waals surface area (Å²) in [6.45, 7) is 14.3. The fourth-order valence-electron chi connectivity index (χ4n) is 8.44. The number of sulfone groups is 2. The van der Waals surface area contributed by atoms with Crippen LogP contribution in [0.2, 0.25) is 5.02 Å². The highest BCUT2D eigenvalue weighted by atomic mass is 35.5. The van der Waals surface area contributed by atoms with Gasteiger partial charge < -0.3 is 15.1 Å². The number of nitrogens with one attached hydrogen (secondary N) is 1. The first-order valence-corrected chi connectivity index (χ1v) is 24.2. The van der Waals surface area contributed by atoms with Crippen molar-refractivity contribution in [1.29, 1.82) is 0 Å². The van der Waals surface area contributed by atoms with E-state index in [4.69, 9.17) is 11.6 Å². The average molecular weight is 824 g/mol. The highest BCUT2D eigenvalue weighted by molar-refractivity contribution is 7.92. The molecule has 56 heavy (non-hydrogen) atoms. The van der Waals surface area contributed by atoms with Gasteiger partial charge in [-0.25, -0.2) is 16.8 Å². The van der Waals surface area contributed by atoms with E-state index in [1.54, 1.807) is 12.1 Å². The second-order valence-corrected chi connectivity index (χ2v) is 21.2. The monoisotopic (exact) mass is 822 g/mol. The Morgan fingerprint density at radius 3 is 2.18 bits per heavy atom. The number of rotatable bonds is 15. The first-order chi connectivity index (χ1) is 26.6. The van der Waals surface area contributed by atoms with E-state index in [1.807, 2.05) is 24.3 Å². The topological polar surface area (TPSA) is 107 Å². The number of nitrogens with zero attached hydrogens (tertiary/aromatic N) is 3. The van der Waals surface area contributed by atoms with Crippen LogP contribution in [0.25, 0.3) is 5.57 Å². The van der Waals surface area contributed by atoms with Crippen LogP contribution in [0.1, 0.15) is 88.1 Å². The van der Waals surface area contributed by atoms with Gasteiger partial charge in [0, 0.05) is 67.8 Å².